The minimum absolute atomic E-state index is 0.0704. The molecule has 1 aliphatic heterocycles. The van der Waals surface area contributed by atoms with Crippen LogP contribution < -0.4 is 10.2 Å². The Balaban J connectivity index is 2.12. The van der Waals surface area contributed by atoms with Gasteiger partial charge in [-0.05, 0) is 6.92 Å². The van der Waals surface area contributed by atoms with E-state index in [0.717, 1.165) is 24.0 Å². The molecule has 140 valence electrons. The lowest BCUT2D eigenvalue weighted by molar-refractivity contribution is -0.149. The Labute approximate surface area is 147 Å². The van der Waals surface area contributed by atoms with Crippen molar-refractivity contribution in [1.29, 1.82) is 0 Å². The lowest BCUT2D eigenvalue weighted by Gasteiger charge is -2.36. The van der Waals surface area contributed by atoms with Crippen molar-refractivity contribution in [2.75, 3.05) is 4.90 Å². The zero-order chi connectivity index (χ0) is 19.2. The highest BCUT2D eigenvalue weighted by molar-refractivity contribution is 6.20. The number of alkyl halides is 4. The molecule has 2 aromatic rings. The summed E-state index contributed by atoms with van der Waals surface area (Å²) in [7, 11) is 0. The SMILES string of the molecule is CC(NC1=Cc2ncnn2[C@@H](Cl)N1c1c(F)cc(F)cc1F)C(F)(F)F. The maximum absolute atomic E-state index is 14.2. The standard InChI is InChI=1S/C14H10ClF6N5/c1-6(14(19,20)21)24-11-4-10-22-5-23-26(10)13(15)25(11)12-8(17)2-7(16)3-9(12)18/h2-6,13,24H,1H3/t6?,13-/m0/s1. The normalized spacial score (nSPS) is 18.4. The summed E-state index contributed by atoms with van der Waals surface area (Å²) in [5.41, 5.74) is -2.28. The van der Waals surface area contributed by atoms with E-state index in [9.17, 15) is 26.3 Å². The smallest absolute Gasteiger partial charge is 0.360 e. The van der Waals surface area contributed by atoms with E-state index in [0.29, 0.717) is 17.0 Å². The van der Waals surface area contributed by atoms with Gasteiger partial charge in [-0.1, -0.05) is 11.6 Å². The molecule has 0 amide bonds. The van der Waals surface area contributed by atoms with Crippen LogP contribution in [0.25, 0.3) is 6.08 Å². The number of aromatic nitrogens is 3. The highest BCUT2D eigenvalue weighted by atomic mass is 35.5. The Bertz CT molecular complexity index is 841. The number of fused-ring (bicyclic) bond motifs is 1. The lowest BCUT2D eigenvalue weighted by Crippen LogP contribution is -2.47. The fourth-order valence-electron chi connectivity index (χ4n) is 2.35. The van der Waals surface area contributed by atoms with E-state index in [1.807, 2.05) is 0 Å². The Morgan fingerprint density at radius 3 is 2.38 bits per heavy atom. The molecule has 0 saturated carbocycles. The summed E-state index contributed by atoms with van der Waals surface area (Å²) in [6, 6.07) is -1.28. The van der Waals surface area contributed by atoms with Crippen LogP contribution in [-0.4, -0.2) is 27.0 Å². The molecule has 0 radical (unpaired) electrons. The van der Waals surface area contributed by atoms with Crippen LogP contribution in [0.15, 0.2) is 24.3 Å². The van der Waals surface area contributed by atoms with Crippen LogP contribution >= 0.6 is 11.6 Å². The first-order valence-corrected chi connectivity index (χ1v) is 7.55. The predicted molar refractivity (Wildman–Crippen MR) is 80.3 cm³/mol. The van der Waals surface area contributed by atoms with Gasteiger partial charge in [-0.3, -0.25) is 4.90 Å². The van der Waals surface area contributed by atoms with Crippen LogP contribution in [-0.2, 0) is 0 Å². The van der Waals surface area contributed by atoms with Gasteiger partial charge in [0.25, 0.3) is 0 Å². The van der Waals surface area contributed by atoms with E-state index in [4.69, 9.17) is 11.6 Å². The predicted octanol–water partition coefficient (Wildman–Crippen LogP) is 3.75. The molecule has 5 nitrogen and oxygen atoms in total. The van der Waals surface area contributed by atoms with Crippen molar-refractivity contribution in [3.63, 3.8) is 0 Å². The highest BCUT2D eigenvalue weighted by Gasteiger charge is 2.40. The number of nitrogens with zero attached hydrogens (tertiary/aromatic N) is 4. The number of halogens is 7. The van der Waals surface area contributed by atoms with Gasteiger partial charge in [0.05, 0.1) is 0 Å². The largest absolute Gasteiger partial charge is 0.408 e. The average Bonchev–Trinajstić information content (AvgIpc) is 2.96. The summed E-state index contributed by atoms with van der Waals surface area (Å²) in [5, 5.41) is 5.88. The molecule has 2 heterocycles. The van der Waals surface area contributed by atoms with Gasteiger partial charge in [-0.2, -0.15) is 18.3 Å². The molecule has 0 fully saturated rings. The lowest BCUT2D eigenvalue weighted by atomic mass is 10.2. The van der Waals surface area contributed by atoms with Crippen molar-refractivity contribution in [3.8, 4) is 0 Å². The van der Waals surface area contributed by atoms with E-state index in [1.165, 1.54) is 0 Å². The third-order valence-corrected chi connectivity index (χ3v) is 4.00. The Morgan fingerprint density at radius 1 is 1.19 bits per heavy atom. The second kappa shape index (κ2) is 6.38. The van der Waals surface area contributed by atoms with E-state index >= 15 is 0 Å². The molecular weight excluding hydrogens is 388 g/mol. The Kier molecular flexibility index (Phi) is 4.51. The van der Waals surface area contributed by atoms with Crippen molar-refractivity contribution in [2.24, 2.45) is 0 Å². The molecule has 2 atom stereocenters. The van der Waals surface area contributed by atoms with Gasteiger partial charge in [-0.25, -0.2) is 22.8 Å². The first-order valence-electron chi connectivity index (χ1n) is 7.12. The average molecular weight is 398 g/mol. The topological polar surface area (TPSA) is 46.0 Å². The van der Waals surface area contributed by atoms with Crippen LogP contribution in [0.3, 0.4) is 0 Å². The number of hydrogen-bond acceptors (Lipinski definition) is 4. The number of benzene rings is 1. The molecule has 12 heteroatoms. The number of hydrogen-bond donors (Lipinski definition) is 1. The van der Waals surface area contributed by atoms with Gasteiger partial charge in [0.15, 0.2) is 17.5 Å². The third-order valence-electron chi connectivity index (χ3n) is 3.62. The Morgan fingerprint density at radius 2 is 1.81 bits per heavy atom. The van der Waals surface area contributed by atoms with Crippen molar-refractivity contribution in [3.05, 3.63) is 47.6 Å². The van der Waals surface area contributed by atoms with E-state index in [-0.39, 0.29) is 11.6 Å². The molecule has 0 bridgehead atoms. The van der Waals surface area contributed by atoms with Gasteiger partial charge in [0, 0.05) is 18.2 Å². The van der Waals surface area contributed by atoms with Crippen molar-refractivity contribution >= 4 is 23.4 Å². The van der Waals surface area contributed by atoms with Gasteiger partial charge in [-0.15, -0.1) is 0 Å². The highest BCUT2D eigenvalue weighted by Crippen LogP contribution is 2.38. The second-order valence-corrected chi connectivity index (χ2v) is 5.79. The second-order valence-electron chi connectivity index (χ2n) is 5.40. The molecule has 1 aliphatic rings. The molecule has 0 spiro atoms. The van der Waals surface area contributed by atoms with Crippen molar-refractivity contribution < 1.29 is 26.3 Å². The molecule has 0 saturated heterocycles. The summed E-state index contributed by atoms with van der Waals surface area (Å²) >= 11 is 6.16. The van der Waals surface area contributed by atoms with Crippen LogP contribution in [0, 0.1) is 17.5 Å². The van der Waals surface area contributed by atoms with Crippen LogP contribution in [0.2, 0.25) is 0 Å². The quantitative estimate of drug-likeness (QED) is 0.487. The third kappa shape index (κ3) is 3.18. The fraction of sp³-hybridized carbons (Fsp3) is 0.286. The van der Waals surface area contributed by atoms with Gasteiger partial charge in [0.1, 0.15) is 29.7 Å². The van der Waals surface area contributed by atoms with Crippen LogP contribution in [0.5, 0.6) is 0 Å². The molecule has 1 aromatic carbocycles. The van der Waals surface area contributed by atoms with Crippen molar-refractivity contribution in [1.82, 2.24) is 20.1 Å². The molecule has 1 aromatic heterocycles. The maximum atomic E-state index is 14.2. The number of anilines is 1. The van der Waals surface area contributed by atoms with E-state index in [1.54, 1.807) is 0 Å². The van der Waals surface area contributed by atoms with Gasteiger partial charge < -0.3 is 5.32 Å². The number of nitrogens with one attached hydrogen (secondary N) is 1. The van der Waals surface area contributed by atoms with E-state index in [2.05, 4.69) is 15.4 Å². The fourth-order valence-corrected chi connectivity index (χ4v) is 2.70. The van der Waals surface area contributed by atoms with Gasteiger partial charge in [0.2, 0.25) is 5.62 Å². The molecule has 0 aliphatic carbocycles. The minimum atomic E-state index is -4.64. The molecule has 1 unspecified atom stereocenters. The van der Waals surface area contributed by atoms with Gasteiger partial charge >= 0.3 is 6.18 Å². The summed E-state index contributed by atoms with van der Waals surface area (Å²) in [6.07, 6.45) is -2.47. The first kappa shape index (κ1) is 18.4. The zero-order valence-electron chi connectivity index (χ0n) is 12.9. The first-order chi connectivity index (χ1) is 12.1. The van der Waals surface area contributed by atoms with E-state index < -0.39 is 41.0 Å². The molecule has 3 rings (SSSR count). The Hall–Kier alpha value is -2.43. The van der Waals surface area contributed by atoms with Crippen LogP contribution in [0.1, 0.15) is 18.4 Å². The molecule has 1 N–H and O–H groups in total. The monoisotopic (exact) mass is 397 g/mol. The summed E-state index contributed by atoms with van der Waals surface area (Å²) in [4.78, 5) is 4.51. The molecule has 26 heavy (non-hydrogen) atoms. The van der Waals surface area contributed by atoms with Crippen molar-refractivity contribution in [2.45, 2.75) is 24.8 Å². The number of rotatable bonds is 3. The minimum Gasteiger partial charge on any atom is -0.360 e. The summed E-state index contributed by atoms with van der Waals surface area (Å²) < 4.78 is 81.4. The zero-order valence-corrected chi connectivity index (χ0v) is 13.7. The summed E-state index contributed by atoms with van der Waals surface area (Å²) in [5.74, 6) is -4.18. The summed E-state index contributed by atoms with van der Waals surface area (Å²) in [6.45, 7) is 0.818. The molecular formula is C14H10ClF6N5. The van der Waals surface area contributed by atoms with Crippen LogP contribution in [0.4, 0.5) is 32.0 Å². The maximum Gasteiger partial charge on any atom is 0.408 e.